The van der Waals surface area contributed by atoms with Crippen LogP contribution in [0.5, 0.6) is 0 Å². The second kappa shape index (κ2) is 11.9. The van der Waals surface area contributed by atoms with Crippen LogP contribution >= 0.6 is 0 Å². The Kier molecular flexibility index (Phi) is 15.1. The van der Waals surface area contributed by atoms with Gasteiger partial charge in [-0.3, -0.25) is 0 Å². The molecule has 98 valence electrons. The quantitative estimate of drug-likeness (QED) is 0.578. The minimum absolute atomic E-state index is 0. The van der Waals surface area contributed by atoms with E-state index in [1.165, 1.54) is 0 Å². The molecule has 0 bridgehead atoms. The van der Waals surface area contributed by atoms with Gasteiger partial charge in [0.15, 0.2) is 0 Å². The van der Waals surface area contributed by atoms with Crippen LogP contribution in [-0.4, -0.2) is 11.9 Å². The molecule has 8 N–H and O–H groups in total. The lowest BCUT2D eigenvalue weighted by Gasteiger charge is -2.11. The molecule has 0 saturated carbocycles. The first-order valence-electron chi connectivity index (χ1n) is 4.94. The van der Waals surface area contributed by atoms with Gasteiger partial charge in [-0.15, -0.1) is 0 Å². The summed E-state index contributed by atoms with van der Waals surface area (Å²) in [6.45, 7) is 1.62. The zero-order chi connectivity index (χ0) is 11.0. The van der Waals surface area contributed by atoms with E-state index in [9.17, 15) is 19.8 Å². The van der Waals surface area contributed by atoms with Crippen LogP contribution in [-0.2, 0) is 9.59 Å². The molecule has 0 aliphatic rings. The number of carbonyl (C=O) groups excluding carboxylic acids is 2. The van der Waals surface area contributed by atoms with E-state index in [4.69, 9.17) is 0 Å². The van der Waals surface area contributed by atoms with Crippen LogP contribution in [0.25, 0.3) is 0 Å². The van der Waals surface area contributed by atoms with Crippen molar-refractivity contribution < 1.29 is 19.8 Å². The highest BCUT2D eigenvalue weighted by molar-refractivity contribution is 5.66. The fourth-order valence-electron chi connectivity index (χ4n) is 1.19. The molecule has 6 nitrogen and oxygen atoms in total. The maximum absolute atomic E-state index is 10.3. The molecule has 6 heteroatoms. The molecule has 0 aliphatic carbocycles. The Morgan fingerprint density at radius 2 is 1.50 bits per heavy atom. The molecular formula is C10H24N2O4. The average molecular weight is 236 g/mol. The van der Waals surface area contributed by atoms with Crippen LogP contribution in [0, 0.1) is 5.92 Å². The fraction of sp³-hybridized carbons (Fsp3) is 0.800. The third-order valence-electron chi connectivity index (χ3n) is 2.17. The molecule has 0 aliphatic heterocycles. The molecule has 0 aromatic heterocycles. The Balaban J connectivity index is -0.000000845. The monoisotopic (exact) mass is 236 g/mol. The Morgan fingerprint density at radius 3 is 1.94 bits per heavy atom. The molecule has 0 rings (SSSR count). The van der Waals surface area contributed by atoms with E-state index in [1.807, 2.05) is 0 Å². The summed E-state index contributed by atoms with van der Waals surface area (Å²) in [6.07, 6.45) is 3.80. The number of quaternary nitrogens is 2. The van der Waals surface area contributed by atoms with Gasteiger partial charge in [0.1, 0.15) is 0 Å². The predicted molar refractivity (Wildman–Crippen MR) is 58.8 cm³/mol. The molecule has 1 atom stereocenters. The number of carbonyl (C=O) groups is 2. The lowest BCUT2D eigenvalue weighted by Crippen LogP contribution is -2.29. The Hall–Kier alpha value is -1.14. The molecule has 0 heterocycles. The molecule has 1 unspecified atom stereocenters. The lowest BCUT2D eigenvalue weighted by atomic mass is 10.0. The minimum atomic E-state index is -1.02. The van der Waals surface area contributed by atoms with Gasteiger partial charge in [-0.2, -0.15) is 0 Å². The average Bonchev–Trinajstić information content (AvgIpc) is 2.09. The van der Waals surface area contributed by atoms with E-state index in [0.717, 1.165) is 19.3 Å². The predicted octanol–water partition coefficient (Wildman–Crippen LogP) is 0.215. The standard InChI is InChI=1S/C10H18O4.2H3N/c1-8(10(13)14)6-4-2-3-5-7-9(11)12;;/h8H,2-7H2,1H3,(H,11,12)(H,13,14);2*1H3. The Bertz CT molecular complexity index is 197. The molecule has 0 amide bonds. The Labute approximate surface area is 96.2 Å². The van der Waals surface area contributed by atoms with Crippen molar-refractivity contribution >= 4 is 11.9 Å². The van der Waals surface area contributed by atoms with Crippen LogP contribution < -0.4 is 22.5 Å². The number of unbranched alkanes of at least 4 members (excludes halogenated alkanes) is 3. The molecular weight excluding hydrogens is 212 g/mol. The van der Waals surface area contributed by atoms with Crippen molar-refractivity contribution in [2.45, 2.75) is 45.4 Å². The third-order valence-corrected chi connectivity index (χ3v) is 2.17. The van der Waals surface area contributed by atoms with E-state index in [0.29, 0.717) is 12.8 Å². The first-order chi connectivity index (χ1) is 6.54. The third kappa shape index (κ3) is 12.9. The van der Waals surface area contributed by atoms with Crippen molar-refractivity contribution in [2.75, 3.05) is 0 Å². The van der Waals surface area contributed by atoms with Crippen LogP contribution in [0.1, 0.15) is 45.4 Å². The summed E-state index contributed by atoms with van der Waals surface area (Å²) in [6, 6.07) is 0. The minimum Gasteiger partial charge on any atom is -0.550 e. The van der Waals surface area contributed by atoms with E-state index in [1.54, 1.807) is 6.92 Å². The smallest absolute Gasteiger partial charge is 0.0442 e. The summed E-state index contributed by atoms with van der Waals surface area (Å²) in [5.41, 5.74) is 0. The molecule has 0 fully saturated rings. The van der Waals surface area contributed by atoms with Crippen molar-refractivity contribution in [1.29, 1.82) is 0 Å². The second-order valence-electron chi connectivity index (χ2n) is 3.54. The van der Waals surface area contributed by atoms with Gasteiger partial charge in [-0.25, -0.2) is 0 Å². The highest BCUT2D eigenvalue weighted by Gasteiger charge is 2.01. The van der Waals surface area contributed by atoms with Crippen LogP contribution in [0.3, 0.4) is 0 Å². The molecule has 16 heavy (non-hydrogen) atoms. The molecule has 0 saturated heterocycles. The molecule has 0 aromatic carbocycles. The maximum atomic E-state index is 10.3. The molecule has 0 aromatic rings. The largest absolute Gasteiger partial charge is 0.550 e. The van der Waals surface area contributed by atoms with E-state index < -0.39 is 17.9 Å². The van der Waals surface area contributed by atoms with Gasteiger partial charge < -0.3 is 32.1 Å². The van der Waals surface area contributed by atoms with Crippen molar-refractivity contribution in [3.05, 3.63) is 0 Å². The number of carboxylic acids is 2. The van der Waals surface area contributed by atoms with Gasteiger partial charge in [-0.1, -0.05) is 26.2 Å². The van der Waals surface area contributed by atoms with E-state index in [2.05, 4.69) is 0 Å². The van der Waals surface area contributed by atoms with Crippen molar-refractivity contribution in [3.8, 4) is 0 Å². The van der Waals surface area contributed by atoms with Gasteiger partial charge in [0.25, 0.3) is 0 Å². The van der Waals surface area contributed by atoms with Gasteiger partial charge in [-0.05, 0) is 25.2 Å². The Morgan fingerprint density at radius 1 is 1.00 bits per heavy atom. The van der Waals surface area contributed by atoms with Crippen LogP contribution in [0.15, 0.2) is 0 Å². The van der Waals surface area contributed by atoms with Crippen molar-refractivity contribution in [1.82, 2.24) is 12.3 Å². The first-order valence-corrected chi connectivity index (χ1v) is 4.94. The normalized spacial score (nSPS) is 10.8. The summed E-state index contributed by atoms with van der Waals surface area (Å²) in [5, 5.41) is 20.3. The highest BCUT2D eigenvalue weighted by atomic mass is 16.4. The van der Waals surface area contributed by atoms with E-state index in [-0.39, 0.29) is 18.7 Å². The molecule has 0 radical (unpaired) electrons. The summed E-state index contributed by atoms with van der Waals surface area (Å²) < 4.78 is 0. The highest BCUT2D eigenvalue weighted by Crippen LogP contribution is 2.10. The zero-order valence-corrected chi connectivity index (χ0v) is 10.5. The summed E-state index contributed by atoms with van der Waals surface area (Å²) in [5.74, 6) is -2.44. The van der Waals surface area contributed by atoms with Gasteiger partial charge in [0.2, 0.25) is 0 Å². The number of rotatable bonds is 8. The van der Waals surface area contributed by atoms with Gasteiger partial charge >= 0.3 is 0 Å². The van der Waals surface area contributed by atoms with Crippen molar-refractivity contribution in [3.63, 3.8) is 0 Å². The zero-order valence-electron chi connectivity index (χ0n) is 10.5. The summed E-state index contributed by atoms with van der Waals surface area (Å²) in [4.78, 5) is 20.3. The number of aliphatic carboxylic acids is 2. The second-order valence-corrected chi connectivity index (χ2v) is 3.54. The summed E-state index contributed by atoms with van der Waals surface area (Å²) in [7, 11) is 0. The maximum Gasteiger partial charge on any atom is 0.0442 e. The fourth-order valence-corrected chi connectivity index (χ4v) is 1.19. The van der Waals surface area contributed by atoms with Gasteiger partial charge in [0.05, 0.1) is 0 Å². The number of hydrogen-bond donors (Lipinski definition) is 2. The lowest BCUT2D eigenvalue weighted by molar-refractivity contribution is -0.311. The van der Waals surface area contributed by atoms with Crippen molar-refractivity contribution in [2.24, 2.45) is 5.92 Å². The number of hydrogen-bond acceptors (Lipinski definition) is 4. The SMILES string of the molecule is CC(CCCCCCC(=O)[O-])C(=O)[O-].[NH4+].[NH4+]. The van der Waals surface area contributed by atoms with Gasteiger partial charge in [0, 0.05) is 11.9 Å². The summed E-state index contributed by atoms with van der Waals surface area (Å²) >= 11 is 0. The van der Waals surface area contributed by atoms with Crippen LogP contribution in [0.4, 0.5) is 0 Å². The topological polar surface area (TPSA) is 153 Å². The van der Waals surface area contributed by atoms with Crippen LogP contribution in [0.2, 0.25) is 0 Å². The number of carboxylic acid groups (broad SMARTS) is 2. The van der Waals surface area contributed by atoms with E-state index >= 15 is 0 Å². The molecule has 0 spiro atoms. The first kappa shape index (κ1) is 20.3.